The van der Waals surface area contributed by atoms with Gasteiger partial charge >= 0.3 is 6.01 Å². The number of benzene rings is 2. The van der Waals surface area contributed by atoms with Gasteiger partial charge in [0.2, 0.25) is 5.89 Å². The van der Waals surface area contributed by atoms with Crippen LogP contribution in [0.15, 0.2) is 82.2 Å². The predicted octanol–water partition coefficient (Wildman–Crippen LogP) is 7.44. The Morgan fingerprint density at radius 3 is 2.56 bits per heavy atom. The number of nitrogen functional groups attached to an aromatic ring is 1. The molecule has 6 rings (SSSR count). The largest absolute Gasteiger partial charge is 0.486 e. The van der Waals surface area contributed by atoms with Crippen LogP contribution in [0.25, 0.3) is 21.9 Å². The van der Waals surface area contributed by atoms with Crippen molar-refractivity contribution < 1.29 is 13.9 Å². The first-order valence-electron chi connectivity index (χ1n) is 13.8. The van der Waals surface area contributed by atoms with Crippen molar-refractivity contribution in [2.24, 2.45) is 0 Å². The molecule has 0 atom stereocenters. The molecule has 2 aromatic carbocycles. The summed E-state index contributed by atoms with van der Waals surface area (Å²) in [6.07, 6.45) is 1.76. The van der Waals surface area contributed by atoms with Crippen LogP contribution in [0.2, 0.25) is 5.02 Å². The van der Waals surface area contributed by atoms with Gasteiger partial charge in [0.05, 0.1) is 29.7 Å². The van der Waals surface area contributed by atoms with Gasteiger partial charge in [-0.2, -0.15) is 0 Å². The van der Waals surface area contributed by atoms with Gasteiger partial charge in [0.25, 0.3) is 0 Å². The quantitative estimate of drug-likeness (QED) is 0.157. The maximum atomic E-state index is 6.23. The Hall–Kier alpha value is -4.12. The van der Waals surface area contributed by atoms with Gasteiger partial charge in [0.1, 0.15) is 24.6 Å². The molecular formula is C32H31ClN6O3S. The predicted molar refractivity (Wildman–Crippen MR) is 169 cm³/mol. The molecule has 0 bridgehead atoms. The van der Waals surface area contributed by atoms with Crippen LogP contribution >= 0.6 is 23.4 Å². The van der Waals surface area contributed by atoms with Crippen LogP contribution in [0.1, 0.15) is 43.6 Å². The summed E-state index contributed by atoms with van der Waals surface area (Å²) in [5.74, 6) is 0.981. The molecule has 9 nitrogen and oxygen atoms in total. The highest BCUT2D eigenvalue weighted by molar-refractivity contribution is 8.00. The first kappa shape index (κ1) is 29.0. The van der Waals surface area contributed by atoms with E-state index < -0.39 is 0 Å². The molecule has 0 saturated heterocycles. The third-order valence-corrected chi connectivity index (χ3v) is 8.11. The van der Waals surface area contributed by atoms with E-state index in [-0.39, 0.29) is 17.4 Å². The summed E-state index contributed by atoms with van der Waals surface area (Å²) in [6, 6.07) is 22.0. The van der Waals surface area contributed by atoms with E-state index in [0.717, 1.165) is 43.8 Å². The van der Waals surface area contributed by atoms with Gasteiger partial charge in [-0.3, -0.25) is 0 Å². The van der Waals surface area contributed by atoms with Crippen LogP contribution in [0.4, 0.5) is 6.01 Å². The fraction of sp³-hybridized carbons (Fsp3) is 0.250. The van der Waals surface area contributed by atoms with Gasteiger partial charge in [0, 0.05) is 32.0 Å². The molecule has 4 aromatic heterocycles. The Kier molecular flexibility index (Phi) is 8.25. The number of ether oxygens (including phenoxy) is 2. The van der Waals surface area contributed by atoms with E-state index in [1.807, 2.05) is 54.6 Å². The van der Waals surface area contributed by atoms with Crippen molar-refractivity contribution in [3.63, 3.8) is 0 Å². The van der Waals surface area contributed by atoms with Crippen LogP contribution in [-0.2, 0) is 31.1 Å². The van der Waals surface area contributed by atoms with Crippen molar-refractivity contribution in [1.82, 2.24) is 24.7 Å². The minimum atomic E-state index is -0.0824. The number of rotatable bonds is 10. The molecule has 0 fully saturated rings. The van der Waals surface area contributed by atoms with Crippen LogP contribution in [-0.4, -0.2) is 29.5 Å². The zero-order valence-corrected chi connectivity index (χ0v) is 25.7. The van der Waals surface area contributed by atoms with E-state index in [2.05, 4.69) is 47.7 Å². The standard InChI is InChI=1S/C32H31ClN6O3S/c1-32(2,3)43-29-25-14-24(41-17-23-13-10-21-6-4-5-7-26(21)36-23)15-35-30(25)39(16-20-8-11-22(33)12-9-20)27(29)18-40-19-28-37-38-31(34)42-28/h4-15H,16-19H2,1-3H3,(H2,34,38). The highest BCUT2D eigenvalue weighted by Gasteiger charge is 2.25. The second-order valence-corrected chi connectivity index (χ2v) is 13.3. The molecule has 0 amide bonds. The van der Waals surface area contributed by atoms with Crippen LogP contribution < -0.4 is 10.5 Å². The van der Waals surface area contributed by atoms with Gasteiger partial charge < -0.3 is 24.2 Å². The molecule has 0 spiro atoms. The average molecular weight is 615 g/mol. The van der Waals surface area contributed by atoms with Crippen molar-refractivity contribution >= 4 is 51.3 Å². The molecule has 6 aromatic rings. The maximum Gasteiger partial charge on any atom is 0.312 e. The number of fused-ring (bicyclic) bond motifs is 2. The normalized spacial score (nSPS) is 11.9. The van der Waals surface area contributed by atoms with Crippen LogP contribution in [0, 0.1) is 0 Å². The van der Waals surface area contributed by atoms with E-state index in [0.29, 0.717) is 36.4 Å². The summed E-state index contributed by atoms with van der Waals surface area (Å²) >= 11 is 7.94. The number of hydrogen-bond acceptors (Lipinski definition) is 9. The molecule has 0 unspecified atom stereocenters. The minimum Gasteiger partial charge on any atom is -0.486 e. The van der Waals surface area contributed by atoms with Gasteiger partial charge in [-0.05, 0) is 35.9 Å². The number of pyridine rings is 2. The Morgan fingerprint density at radius 1 is 0.977 bits per heavy atom. The number of halogens is 1. The number of nitrogens with zero attached hydrogens (tertiary/aromatic N) is 5. The lowest BCUT2D eigenvalue weighted by Crippen LogP contribution is -2.10. The van der Waals surface area contributed by atoms with Crippen molar-refractivity contribution in [2.45, 2.75) is 56.8 Å². The Balaban J connectivity index is 1.36. The second-order valence-electron chi connectivity index (χ2n) is 11.1. The summed E-state index contributed by atoms with van der Waals surface area (Å²) in [5, 5.41) is 10.4. The van der Waals surface area contributed by atoms with Gasteiger partial charge in [-0.15, -0.1) is 16.9 Å². The van der Waals surface area contributed by atoms with E-state index in [1.165, 1.54) is 0 Å². The number of aromatic nitrogens is 5. The third kappa shape index (κ3) is 6.93. The van der Waals surface area contributed by atoms with Crippen molar-refractivity contribution in [1.29, 1.82) is 0 Å². The number of anilines is 1. The van der Waals surface area contributed by atoms with Crippen LogP contribution in [0.3, 0.4) is 0 Å². The lowest BCUT2D eigenvalue weighted by Gasteiger charge is -2.19. The van der Waals surface area contributed by atoms with Gasteiger partial charge in [-0.1, -0.05) is 73.9 Å². The molecule has 0 radical (unpaired) electrons. The van der Waals surface area contributed by atoms with E-state index >= 15 is 0 Å². The first-order valence-corrected chi connectivity index (χ1v) is 15.0. The molecule has 4 heterocycles. The lowest BCUT2D eigenvalue weighted by molar-refractivity contribution is 0.0846. The zero-order valence-electron chi connectivity index (χ0n) is 24.1. The molecule has 0 aliphatic rings. The number of para-hydroxylation sites is 1. The first-order chi connectivity index (χ1) is 20.7. The highest BCUT2D eigenvalue weighted by Crippen LogP contribution is 2.42. The Bertz CT molecular complexity index is 1880. The summed E-state index contributed by atoms with van der Waals surface area (Å²) in [6.45, 7) is 7.89. The number of thioether (sulfide) groups is 1. The van der Waals surface area contributed by atoms with Crippen molar-refractivity contribution in [3.05, 3.63) is 101 Å². The molecule has 0 aliphatic heterocycles. The third-order valence-electron chi connectivity index (χ3n) is 6.58. The Morgan fingerprint density at radius 2 is 1.79 bits per heavy atom. The molecule has 11 heteroatoms. The van der Waals surface area contributed by atoms with Crippen LogP contribution in [0.5, 0.6) is 5.75 Å². The molecule has 0 saturated carbocycles. The molecule has 0 aliphatic carbocycles. The topological polar surface area (TPSA) is 114 Å². The molecule has 2 N–H and O–H groups in total. The summed E-state index contributed by atoms with van der Waals surface area (Å²) in [7, 11) is 0. The highest BCUT2D eigenvalue weighted by atomic mass is 35.5. The number of hydrogen-bond donors (Lipinski definition) is 1. The lowest BCUT2D eigenvalue weighted by atomic mass is 10.2. The molecule has 43 heavy (non-hydrogen) atoms. The fourth-order valence-electron chi connectivity index (χ4n) is 4.72. The Labute approximate surface area is 258 Å². The number of nitrogens with two attached hydrogens (primary N) is 1. The maximum absolute atomic E-state index is 6.23. The fourth-order valence-corrected chi connectivity index (χ4v) is 6.00. The van der Waals surface area contributed by atoms with Crippen molar-refractivity contribution in [3.8, 4) is 5.75 Å². The van der Waals surface area contributed by atoms with Crippen molar-refractivity contribution in [2.75, 3.05) is 5.73 Å². The van der Waals surface area contributed by atoms with E-state index in [9.17, 15) is 0 Å². The molecule has 220 valence electrons. The van der Waals surface area contributed by atoms with Gasteiger partial charge in [-0.25, -0.2) is 9.97 Å². The smallest absolute Gasteiger partial charge is 0.312 e. The molecular weight excluding hydrogens is 584 g/mol. The van der Waals surface area contributed by atoms with E-state index in [1.54, 1.807) is 18.0 Å². The summed E-state index contributed by atoms with van der Waals surface area (Å²) < 4.78 is 19.7. The summed E-state index contributed by atoms with van der Waals surface area (Å²) in [5.41, 5.74) is 10.3. The zero-order chi connectivity index (χ0) is 30.0. The second kappa shape index (κ2) is 12.2. The monoisotopic (exact) mass is 614 g/mol. The summed E-state index contributed by atoms with van der Waals surface area (Å²) in [4.78, 5) is 10.7. The van der Waals surface area contributed by atoms with E-state index in [4.69, 9.17) is 41.2 Å². The average Bonchev–Trinajstić information content (AvgIpc) is 3.52. The minimum absolute atomic E-state index is 0.00930. The SMILES string of the molecule is CC(C)(C)Sc1c(COCc2nnc(N)o2)n(Cc2ccc(Cl)cc2)c2ncc(OCc3ccc4ccccc4n3)cc12. The van der Waals surface area contributed by atoms with Gasteiger partial charge in [0.15, 0.2) is 0 Å².